The molecule has 0 spiro atoms. The summed E-state index contributed by atoms with van der Waals surface area (Å²) in [6, 6.07) is 7.50. The molecule has 5 heteroatoms. The van der Waals surface area contributed by atoms with Crippen LogP contribution in [0.3, 0.4) is 0 Å². The largest absolute Gasteiger partial charge is 0.477 e. The Morgan fingerprint density at radius 3 is 2.68 bits per heavy atom. The fourth-order valence-corrected chi connectivity index (χ4v) is 1.75. The lowest BCUT2D eigenvalue weighted by Gasteiger charge is -2.05. The van der Waals surface area contributed by atoms with Gasteiger partial charge in [0, 0.05) is 30.3 Å². The highest BCUT2D eigenvalue weighted by atomic mass is 16.4. The number of nitrogens with zero attached hydrogens (tertiary/aromatic N) is 1. The van der Waals surface area contributed by atoms with Gasteiger partial charge in [0.1, 0.15) is 5.70 Å². The summed E-state index contributed by atoms with van der Waals surface area (Å²) in [5, 5.41) is 13.1. The van der Waals surface area contributed by atoms with Crippen LogP contribution in [0, 0.1) is 0 Å². The zero-order valence-electron chi connectivity index (χ0n) is 10.3. The van der Waals surface area contributed by atoms with Crippen molar-refractivity contribution in [1.82, 2.24) is 10.3 Å². The molecule has 96 valence electrons. The molecule has 1 heterocycles. The van der Waals surface area contributed by atoms with E-state index in [9.17, 15) is 9.59 Å². The van der Waals surface area contributed by atoms with Crippen LogP contribution < -0.4 is 5.32 Å². The van der Waals surface area contributed by atoms with E-state index in [1.54, 1.807) is 12.4 Å². The van der Waals surface area contributed by atoms with Gasteiger partial charge in [-0.2, -0.15) is 0 Å². The summed E-state index contributed by atoms with van der Waals surface area (Å²) in [6.45, 7) is 1.26. The van der Waals surface area contributed by atoms with Gasteiger partial charge in [0.05, 0.1) is 0 Å². The van der Waals surface area contributed by atoms with Gasteiger partial charge in [0.2, 0.25) is 5.91 Å². The quantitative estimate of drug-likeness (QED) is 0.821. The van der Waals surface area contributed by atoms with E-state index in [4.69, 9.17) is 5.11 Å². The number of carboxylic acids is 1. The number of nitrogens with one attached hydrogen (secondary N) is 1. The van der Waals surface area contributed by atoms with Crippen LogP contribution in [0.4, 0.5) is 0 Å². The van der Waals surface area contributed by atoms with Gasteiger partial charge in [0.15, 0.2) is 0 Å². The molecule has 1 aromatic carbocycles. The summed E-state index contributed by atoms with van der Waals surface area (Å²) >= 11 is 0. The minimum atomic E-state index is -1.19. The second kappa shape index (κ2) is 5.30. The van der Waals surface area contributed by atoms with E-state index in [1.165, 1.54) is 13.0 Å². The number of hydrogen-bond donors (Lipinski definition) is 2. The van der Waals surface area contributed by atoms with Crippen molar-refractivity contribution in [2.24, 2.45) is 0 Å². The molecule has 2 aromatic rings. The first kappa shape index (κ1) is 12.8. The van der Waals surface area contributed by atoms with E-state index in [0.29, 0.717) is 5.56 Å². The number of fused-ring (bicyclic) bond motifs is 1. The molecule has 19 heavy (non-hydrogen) atoms. The van der Waals surface area contributed by atoms with Crippen molar-refractivity contribution in [2.45, 2.75) is 6.92 Å². The molecule has 0 aliphatic heterocycles. The third kappa shape index (κ3) is 2.95. The Labute approximate surface area is 109 Å². The van der Waals surface area contributed by atoms with Crippen LogP contribution in [0.5, 0.6) is 0 Å². The second-order valence-corrected chi connectivity index (χ2v) is 3.99. The summed E-state index contributed by atoms with van der Waals surface area (Å²) in [6.07, 6.45) is 4.66. The Balaban J connectivity index is 2.54. The number of hydrogen-bond acceptors (Lipinski definition) is 3. The van der Waals surface area contributed by atoms with Crippen molar-refractivity contribution in [2.75, 3.05) is 0 Å². The molecule has 0 radical (unpaired) electrons. The van der Waals surface area contributed by atoms with E-state index in [2.05, 4.69) is 10.3 Å². The molecule has 0 unspecified atom stereocenters. The van der Waals surface area contributed by atoms with Crippen LogP contribution in [0.15, 0.2) is 42.4 Å². The molecule has 5 nitrogen and oxygen atoms in total. The van der Waals surface area contributed by atoms with E-state index in [1.807, 2.05) is 24.3 Å². The smallest absolute Gasteiger partial charge is 0.352 e. The Morgan fingerprint density at radius 2 is 2.00 bits per heavy atom. The van der Waals surface area contributed by atoms with Crippen LogP contribution in [-0.4, -0.2) is 22.0 Å². The van der Waals surface area contributed by atoms with Crippen molar-refractivity contribution < 1.29 is 14.7 Å². The molecule has 2 N–H and O–H groups in total. The van der Waals surface area contributed by atoms with Gasteiger partial charge in [-0.15, -0.1) is 0 Å². The van der Waals surface area contributed by atoms with Gasteiger partial charge in [-0.25, -0.2) is 4.79 Å². The molecule has 1 amide bonds. The van der Waals surface area contributed by atoms with E-state index in [-0.39, 0.29) is 5.70 Å². The number of aromatic nitrogens is 1. The van der Waals surface area contributed by atoms with Crippen molar-refractivity contribution in [3.63, 3.8) is 0 Å². The average molecular weight is 256 g/mol. The number of amides is 1. The SMILES string of the molecule is CC(=O)N/C(=C/c1cncc2ccccc12)C(=O)O. The minimum absolute atomic E-state index is 0.175. The van der Waals surface area contributed by atoms with Gasteiger partial charge in [-0.3, -0.25) is 9.78 Å². The molecule has 0 saturated carbocycles. The first-order valence-corrected chi connectivity index (χ1v) is 5.63. The molecule has 0 aliphatic rings. The predicted octanol–water partition coefficient (Wildman–Crippen LogP) is 1.80. The second-order valence-electron chi connectivity index (χ2n) is 3.99. The highest BCUT2D eigenvalue weighted by molar-refractivity contribution is 5.99. The number of carbonyl (C=O) groups excluding carboxylic acids is 1. The number of pyridine rings is 1. The molecule has 2 rings (SSSR count). The van der Waals surface area contributed by atoms with Crippen LogP contribution in [-0.2, 0) is 9.59 Å². The summed E-state index contributed by atoms with van der Waals surface area (Å²) in [5.74, 6) is -1.62. The summed E-state index contributed by atoms with van der Waals surface area (Å²) in [7, 11) is 0. The summed E-state index contributed by atoms with van der Waals surface area (Å²) < 4.78 is 0. The molecule has 1 aromatic heterocycles. The molecule has 0 atom stereocenters. The predicted molar refractivity (Wildman–Crippen MR) is 71.2 cm³/mol. The monoisotopic (exact) mass is 256 g/mol. The van der Waals surface area contributed by atoms with Crippen LogP contribution >= 0.6 is 0 Å². The molecule has 0 fully saturated rings. The number of benzene rings is 1. The summed E-state index contributed by atoms with van der Waals surface area (Å²) in [5.41, 5.74) is 0.468. The van der Waals surface area contributed by atoms with Gasteiger partial charge >= 0.3 is 5.97 Å². The Morgan fingerprint density at radius 1 is 1.26 bits per heavy atom. The maximum Gasteiger partial charge on any atom is 0.352 e. The number of carbonyl (C=O) groups is 2. The highest BCUT2D eigenvalue weighted by Gasteiger charge is 2.10. The van der Waals surface area contributed by atoms with E-state index < -0.39 is 11.9 Å². The van der Waals surface area contributed by atoms with E-state index in [0.717, 1.165) is 10.8 Å². The standard InChI is InChI=1S/C14H12N2O3/c1-9(17)16-13(14(18)19)6-11-8-15-7-10-4-2-3-5-12(10)11/h2-8H,1H3,(H,16,17)(H,18,19)/b13-6+. The number of carboxylic acid groups (broad SMARTS) is 1. The maximum absolute atomic E-state index is 11.1. The van der Waals surface area contributed by atoms with Crippen molar-refractivity contribution in [1.29, 1.82) is 0 Å². The molecule has 0 aliphatic carbocycles. The van der Waals surface area contributed by atoms with Gasteiger partial charge in [-0.1, -0.05) is 24.3 Å². The Bertz CT molecular complexity index is 672. The zero-order valence-corrected chi connectivity index (χ0v) is 10.3. The average Bonchev–Trinajstić information content (AvgIpc) is 2.37. The lowest BCUT2D eigenvalue weighted by atomic mass is 10.1. The molecular weight excluding hydrogens is 244 g/mol. The lowest BCUT2D eigenvalue weighted by Crippen LogP contribution is -2.24. The third-order valence-electron chi connectivity index (χ3n) is 2.54. The first-order chi connectivity index (χ1) is 9.08. The minimum Gasteiger partial charge on any atom is -0.477 e. The summed E-state index contributed by atoms with van der Waals surface area (Å²) in [4.78, 5) is 26.1. The van der Waals surface area contributed by atoms with E-state index >= 15 is 0 Å². The molecular formula is C14H12N2O3. The molecule has 0 saturated heterocycles. The zero-order chi connectivity index (χ0) is 13.8. The molecule has 0 bridgehead atoms. The lowest BCUT2D eigenvalue weighted by molar-refractivity contribution is -0.134. The van der Waals surface area contributed by atoms with Crippen LogP contribution in [0.2, 0.25) is 0 Å². The fraction of sp³-hybridized carbons (Fsp3) is 0.0714. The maximum atomic E-state index is 11.1. The highest BCUT2D eigenvalue weighted by Crippen LogP contribution is 2.19. The fourth-order valence-electron chi connectivity index (χ4n) is 1.75. The number of aliphatic carboxylic acids is 1. The van der Waals surface area contributed by atoms with Crippen LogP contribution in [0.25, 0.3) is 16.8 Å². The first-order valence-electron chi connectivity index (χ1n) is 5.63. The van der Waals surface area contributed by atoms with Gasteiger partial charge in [0.25, 0.3) is 0 Å². The van der Waals surface area contributed by atoms with Crippen molar-refractivity contribution in [3.05, 3.63) is 47.9 Å². The van der Waals surface area contributed by atoms with Crippen molar-refractivity contribution in [3.8, 4) is 0 Å². The Kier molecular flexibility index (Phi) is 3.56. The van der Waals surface area contributed by atoms with Crippen molar-refractivity contribution >= 4 is 28.7 Å². The van der Waals surface area contributed by atoms with Crippen LogP contribution in [0.1, 0.15) is 12.5 Å². The van der Waals surface area contributed by atoms with Gasteiger partial charge < -0.3 is 10.4 Å². The Hall–Kier alpha value is -2.69. The number of rotatable bonds is 3. The topological polar surface area (TPSA) is 79.3 Å². The van der Waals surface area contributed by atoms with Gasteiger partial charge in [-0.05, 0) is 11.5 Å². The normalized spacial score (nSPS) is 11.3. The third-order valence-corrected chi connectivity index (χ3v) is 2.54.